The molecule has 0 unspecified atom stereocenters. The van der Waals surface area contributed by atoms with Crippen LogP contribution in [0.3, 0.4) is 0 Å². The Bertz CT molecular complexity index is 1060. The predicted molar refractivity (Wildman–Crippen MR) is 133 cm³/mol. The van der Waals surface area contributed by atoms with Crippen molar-refractivity contribution >= 4 is 52.8 Å². The average molecular weight is 434 g/mol. The van der Waals surface area contributed by atoms with Gasteiger partial charge in [-0.2, -0.15) is 0 Å². The van der Waals surface area contributed by atoms with Crippen molar-refractivity contribution in [1.29, 1.82) is 5.41 Å². The van der Waals surface area contributed by atoms with E-state index in [1.807, 2.05) is 12.1 Å². The SMILES string of the molecule is N=Cc1ccc(C(N)=NC=Nc2ccc(O)cc2)cc1.NC(=S)Nc1ccc(N)cc1. The van der Waals surface area contributed by atoms with Crippen LogP contribution in [-0.2, 0) is 0 Å². The molecule has 0 bridgehead atoms. The molecule has 0 aliphatic rings. The van der Waals surface area contributed by atoms with Gasteiger partial charge in [-0.25, -0.2) is 9.98 Å². The molecule has 0 heterocycles. The number of anilines is 2. The molecule has 0 saturated heterocycles. The number of hydrogen-bond acceptors (Lipinski definition) is 5. The number of phenolic OH excluding ortho intramolecular Hbond substituents is 1. The molecule has 0 aromatic heterocycles. The molecule has 9 heteroatoms. The van der Waals surface area contributed by atoms with Gasteiger partial charge in [0.05, 0.1) is 5.69 Å². The number of benzene rings is 3. The van der Waals surface area contributed by atoms with Crippen molar-refractivity contribution in [2.75, 3.05) is 11.1 Å². The highest BCUT2D eigenvalue weighted by molar-refractivity contribution is 7.80. The van der Waals surface area contributed by atoms with Crippen molar-refractivity contribution in [3.05, 3.63) is 83.9 Å². The van der Waals surface area contributed by atoms with E-state index >= 15 is 0 Å². The molecule has 0 atom stereocenters. The topological polar surface area (TPSA) is 159 Å². The number of nitrogens with zero attached hydrogens (tertiary/aromatic N) is 2. The number of aliphatic imine (C=N–C) groups is 2. The standard InChI is InChI=1S/C15H14N4O.C7H9N3S/c16-9-11-1-3-12(4-2-11)15(17)19-10-18-13-5-7-14(20)8-6-13;8-5-1-3-6(4-2-5)10-7(9)11/h1-10,16,20H,(H2,17,18,19);1-4H,8H2,(H3,9,10,11). The number of phenols is 1. The minimum atomic E-state index is 0.193. The molecule has 158 valence electrons. The normalized spacial score (nSPS) is 10.8. The highest BCUT2D eigenvalue weighted by atomic mass is 32.1. The summed E-state index contributed by atoms with van der Waals surface area (Å²) in [5, 5.41) is 19.3. The number of hydrogen-bond donors (Lipinski definition) is 6. The fourth-order valence-electron chi connectivity index (χ4n) is 2.23. The van der Waals surface area contributed by atoms with Gasteiger partial charge >= 0.3 is 0 Å². The summed E-state index contributed by atoms with van der Waals surface area (Å²) in [5.74, 6) is 0.544. The van der Waals surface area contributed by atoms with Gasteiger partial charge in [-0.15, -0.1) is 0 Å². The smallest absolute Gasteiger partial charge is 0.168 e. The molecule has 0 aliphatic heterocycles. The summed E-state index contributed by atoms with van der Waals surface area (Å²) < 4.78 is 0. The van der Waals surface area contributed by atoms with E-state index in [9.17, 15) is 0 Å². The largest absolute Gasteiger partial charge is 0.508 e. The van der Waals surface area contributed by atoms with Gasteiger partial charge in [-0.3, -0.25) is 0 Å². The summed E-state index contributed by atoms with van der Waals surface area (Å²) in [5.41, 5.74) is 20.4. The molecule has 3 aromatic rings. The van der Waals surface area contributed by atoms with Gasteiger partial charge in [0.2, 0.25) is 0 Å². The zero-order chi connectivity index (χ0) is 22.6. The van der Waals surface area contributed by atoms with Crippen LogP contribution in [0.1, 0.15) is 11.1 Å². The highest BCUT2D eigenvalue weighted by Crippen LogP contribution is 2.16. The predicted octanol–water partition coefficient (Wildman–Crippen LogP) is 3.38. The van der Waals surface area contributed by atoms with E-state index in [2.05, 4.69) is 27.5 Å². The molecule has 3 rings (SSSR count). The van der Waals surface area contributed by atoms with Gasteiger partial charge in [0.1, 0.15) is 17.9 Å². The molecule has 9 N–H and O–H groups in total. The number of nitrogen functional groups attached to an aromatic ring is 1. The number of nitrogens with two attached hydrogens (primary N) is 3. The fourth-order valence-corrected chi connectivity index (χ4v) is 2.35. The first kappa shape index (κ1) is 23.0. The van der Waals surface area contributed by atoms with E-state index in [0.29, 0.717) is 11.5 Å². The van der Waals surface area contributed by atoms with Crippen LogP contribution in [-0.4, -0.2) is 28.6 Å². The van der Waals surface area contributed by atoms with Crippen molar-refractivity contribution in [2.45, 2.75) is 0 Å². The first-order valence-electron chi connectivity index (χ1n) is 9.05. The number of amidine groups is 1. The van der Waals surface area contributed by atoms with Gasteiger partial charge in [0, 0.05) is 23.2 Å². The Kier molecular flexibility index (Phi) is 8.69. The Balaban J connectivity index is 0.000000262. The number of thiocarbonyl (C=S) groups is 1. The molecule has 8 nitrogen and oxygen atoms in total. The van der Waals surface area contributed by atoms with E-state index in [0.717, 1.165) is 22.5 Å². The second-order valence-corrected chi connectivity index (χ2v) is 6.59. The Morgan fingerprint density at radius 2 is 1.55 bits per heavy atom. The molecular weight excluding hydrogens is 410 g/mol. The first-order chi connectivity index (χ1) is 14.9. The van der Waals surface area contributed by atoms with Crippen LogP contribution >= 0.6 is 12.2 Å². The van der Waals surface area contributed by atoms with Crippen molar-refractivity contribution in [2.24, 2.45) is 21.5 Å². The van der Waals surface area contributed by atoms with Crippen molar-refractivity contribution in [3.63, 3.8) is 0 Å². The Morgan fingerprint density at radius 3 is 2.10 bits per heavy atom. The third-order valence-corrected chi connectivity index (χ3v) is 3.91. The molecule has 0 aliphatic carbocycles. The van der Waals surface area contributed by atoms with E-state index in [-0.39, 0.29) is 10.9 Å². The van der Waals surface area contributed by atoms with Gasteiger partial charge < -0.3 is 33.0 Å². The van der Waals surface area contributed by atoms with Crippen LogP contribution in [0.5, 0.6) is 5.75 Å². The van der Waals surface area contributed by atoms with E-state index < -0.39 is 0 Å². The number of aromatic hydroxyl groups is 1. The maximum Gasteiger partial charge on any atom is 0.168 e. The van der Waals surface area contributed by atoms with Gasteiger partial charge in [0.15, 0.2) is 5.11 Å². The van der Waals surface area contributed by atoms with E-state index in [4.69, 9.17) is 27.7 Å². The Hall–Kier alpha value is -4.24. The molecule has 3 aromatic carbocycles. The molecule has 0 saturated carbocycles. The van der Waals surface area contributed by atoms with Gasteiger partial charge in [0.25, 0.3) is 0 Å². The van der Waals surface area contributed by atoms with Crippen molar-refractivity contribution in [3.8, 4) is 5.75 Å². The number of rotatable bonds is 5. The first-order valence-corrected chi connectivity index (χ1v) is 9.46. The minimum Gasteiger partial charge on any atom is -0.508 e. The van der Waals surface area contributed by atoms with Crippen molar-refractivity contribution < 1.29 is 5.11 Å². The number of nitrogens with one attached hydrogen (secondary N) is 2. The third kappa shape index (κ3) is 8.34. The third-order valence-electron chi connectivity index (χ3n) is 3.80. The Labute approximate surface area is 185 Å². The lowest BCUT2D eigenvalue weighted by atomic mass is 10.1. The lowest BCUT2D eigenvalue weighted by Crippen LogP contribution is -2.18. The zero-order valence-corrected chi connectivity index (χ0v) is 17.4. The summed E-state index contributed by atoms with van der Waals surface area (Å²) in [4.78, 5) is 8.16. The zero-order valence-electron chi connectivity index (χ0n) is 16.6. The van der Waals surface area contributed by atoms with Gasteiger partial charge in [-0.05, 0) is 66.3 Å². The van der Waals surface area contributed by atoms with E-state index in [1.165, 1.54) is 12.6 Å². The highest BCUT2D eigenvalue weighted by Gasteiger charge is 1.97. The van der Waals surface area contributed by atoms with Crippen LogP contribution in [0.4, 0.5) is 17.1 Å². The van der Waals surface area contributed by atoms with Crippen LogP contribution in [0.25, 0.3) is 0 Å². The quantitative estimate of drug-likeness (QED) is 0.157. The fraction of sp³-hybridized carbons (Fsp3) is 0. The van der Waals surface area contributed by atoms with Gasteiger partial charge in [-0.1, -0.05) is 24.3 Å². The maximum absolute atomic E-state index is 9.15. The summed E-state index contributed by atoms with van der Waals surface area (Å²) in [6, 6.07) is 20.8. The van der Waals surface area contributed by atoms with Crippen LogP contribution in [0.15, 0.2) is 82.8 Å². The molecule has 0 radical (unpaired) electrons. The summed E-state index contributed by atoms with van der Waals surface area (Å²) in [6.45, 7) is 0. The lowest BCUT2D eigenvalue weighted by Gasteiger charge is -2.02. The molecule has 0 fully saturated rings. The second kappa shape index (κ2) is 11.7. The molecular formula is C22H23N7OS. The summed E-state index contributed by atoms with van der Waals surface area (Å²) in [7, 11) is 0. The average Bonchev–Trinajstić information content (AvgIpc) is 2.77. The maximum atomic E-state index is 9.15. The molecule has 0 amide bonds. The van der Waals surface area contributed by atoms with Crippen LogP contribution < -0.4 is 22.5 Å². The second-order valence-electron chi connectivity index (χ2n) is 6.15. The van der Waals surface area contributed by atoms with Crippen LogP contribution in [0.2, 0.25) is 0 Å². The monoisotopic (exact) mass is 433 g/mol. The van der Waals surface area contributed by atoms with Crippen LogP contribution in [0, 0.1) is 5.41 Å². The molecule has 0 spiro atoms. The van der Waals surface area contributed by atoms with E-state index in [1.54, 1.807) is 60.7 Å². The molecule has 31 heavy (non-hydrogen) atoms. The summed E-state index contributed by atoms with van der Waals surface area (Å²) >= 11 is 4.65. The summed E-state index contributed by atoms with van der Waals surface area (Å²) in [6.07, 6.45) is 2.63. The lowest BCUT2D eigenvalue weighted by molar-refractivity contribution is 0.475. The minimum absolute atomic E-state index is 0.193. The van der Waals surface area contributed by atoms with Crippen molar-refractivity contribution in [1.82, 2.24) is 0 Å². The Morgan fingerprint density at radius 1 is 0.935 bits per heavy atom.